The van der Waals surface area contributed by atoms with Crippen molar-refractivity contribution >= 4 is 11.6 Å². The molecular formula is C15H20N2O2. The summed E-state index contributed by atoms with van der Waals surface area (Å²) in [5.41, 5.74) is 3.14. The number of carbonyl (C=O) groups is 1. The molecule has 102 valence electrons. The molecule has 2 atom stereocenters. The summed E-state index contributed by atoms with van der Waals surface area (Å²) in [5, 5.41) is 6.32. The predicted molar refractivity (Wildman–Crippen MR) is 74.5 cm³/mol. The van der Waals surface area contributed by atoms with E-state index in [0.717, 1.165) is 37.2 Å². The Balaban J connectivity index is 1.61. The highest BCUT2D eigenvalue weighted by atomic mass is 16.5. The van der Waals surface area contributed by atoms with Crippen LogP contribution >= 0.6 is 0 Å². The summed E-state index contributed by atoms with van der Waals surface area (Å²) >= 11 is 0. The van der Waals surface area contributed by atoms with Gasteiger partial charge in [0.15, 0.2) is 0 Å². The molecule has 4 nitrogen and oxygen atoms in total. The molecule has 0 saturated carbocycles. The zero-order valence-electron chi connectivity index (χ0n) is 11.2. The summed E-state index contributed by atoms with van der Waals surface area (Å²) in [6.45, 7) is 4.55. The van der Waals surface area contributed by atoms with Crippen LogP contribution in [0.3, 0.4) is 0 Å². The summed E-state index contributed by atoms with van der Waals surface area (Å²) in [5.74, 6) is 0.451. The summed E-state index contributed by atoms with van der Waals surface area (Å²) in [4.78, 5) is 12.1. The van der Waals surface area contributed by atoms with Crippen molar-refractivity contribution in [3.8, 4) is 0 Å². The molecular weight excluding hydrogens is 240 g/mol. The second kappa shape index (κ2) is 5.21. The quantitative estimate of drug-likeness (QED) is 0.871. The van der Waals surface area contributed by atoms with E-state index in [-0.39, 0.29) is 12.0 Å². The van der Waals surface area contributed by atoms with Crippen molar-refractivity contribution in [2.24, 2.45) is 5.92 Å². The molecule has 19 heavy (non-hydrogen) atoms. The Bertz CT molecular complexity index is 487. The first-order valence-corrected chi connectivity index (χ1v) is 7.00. The van der Waals surface area contributed by atoms with Crippen molar-refractivity contribution in [1.82, 2.24) is 5.32 Å². The number of fused-ring (bicyclic) bond motifs is 1. The molecule has 0 aliphatic carbocycles. The van der Waals surface area contributed by atoms with Crippen LogP contribution in [-0.4, -0.2) is 31.7 Å². The van der Waals surface area contributed by atoms with Crippen LogP contribution in [0.25, 0.3) is 0 Å². The lowest BCUT2D eigenvalue weighted by Gasteiger charge is -2.15. The minimum absolute atomic E-state index is 0.00981. The zero-order valence-corrected chi connectivity index (χ0v) is 11.2. The lowest BCUT2D eigenvalue weighted by Crippen LogP contribution is -2.31. The zero-order chi connectivity index (χ0) is 13.2. The van der Waals surface area contributed by atoms with Crippen LogP contribution in [0, 0.1) is 5.92 Å². The third-order valence-electron chi connectivity index (χ3n) is 4.14. The Hall–Kier alpha value is -1.55. The van der Waals surface area contributed by atoms with Gasteiger partial charge < -0.3 is 15.4 Å². The van der Waals surface area contributed by atoms with Gasteiger partial charge in [-0.3, -0.25) is 4.79 Å². The summed E-state index contributed by atoms with van der Waals surface area (Å²) in [6.07, 6.45) is 2.34. The average molecular weight is 260 g/mol. The lowest BCUT2D eigenvalue weighted by molar-refractivity contribution is 0.0907. The van der Waals surface area contributed by atoms with Gasteiger partial charge >= 0.3 is 0 Å². The molecule has 0 radical (unpaired) electrons. The van der Waals surface area contributed by atoms with Gasteiger partial charge in [-0.25, -0.2) is 0 Å². The van der Waals surface area contributed by atoms with Crippen molar-refractivity contribution < 1.29 is 9.53 Å². The maximum atomic E-state index is 12.1. The van der Waals surface area contributed by atoms with Crippen molar-refractivity contribution in [1.29, 1.82) is 0 Å². The van der Waals surface area contributed by atoms with Gasteiger partial charge in [0.2, 0.25) is 0 Å². The number of hydrogen-bond donors (Lipinski definition) is 2. The predicted octanol–water partition coefficient (Wildman–Crippen LogP) is 1.81. The fourth-order valence-corrected chi connectivity index (χ4v) is 2.80. The topological polar surface area (TPSA) is 50.4 Å². The van der Waals surface area contributed by atoms with Crippen molar-refractivity contribution in [3.05, 3.63) is 29.3 Å². The number of ether oxygens (including phenoxy) is 1. The van der Waals surface area contributed by atoms with Crippen molar-refractivity contribution in [2.45, 2.75) is 25.9 Å². The van der Waals surface area contributed by atoms with Crippen LogP contribution in [0.2, 0.25) is 0 Å². The molecule has 2 aliphatic heterocycles. The third-order valence-corrected chi connectivity index (χ3v) is 4.14. The highest BCUT2D eigenvalue weighted by Crippen LogP contribution is 2.23. The first kappa shape index (κ1) is 12.5. The van der Waals surface area contributed by atoms with E-state index in [1.165, 1.54) is 5.56 Å². The molecule has 2 N–H and O–H groups in total. The van der Waals surface area contributed by atoms with E-state index in [0.29, 0.717) is 12.5 Å². The van der Waals surface area contributed by atoms with Crippen molar-refractivity contribution in [3.63, 3.8) is 0 Å². The molecule has 1 amide bonds. The highest BCUT2D eigenvalue weighted by molar-refractivity contribution is 5.95. The highest BCUT2D eigenvalue weighted by Gasteiger charge is 2.24. The van der Waals surface area contributed by atoms with Gasteiger partial charge in [-0.15, -0.1) is 0 Å². The van der Waals surface area contributed by atoms with Gasteiger partial charge in [0.25, 0.3) is 5.91 Å². The molecule has 0 bridgehead atoms. The van der Waals surface area contributed by atoms with E-state index in [1.807, 2.05) is 18.2 Å². The van der Waals surface area contributed by atoms with E-state index >= 15 is 0 Å². The van der Waals surface area contributed by atoms with Gasteiger partial charge in [-0.2, -0.15) is 0 Å². The van der Waals surface area contributed by atoms with E-state index in [2.05, 4.69) is 17.6 Å². The molecule has 1 aromatic rings. The fraction of sp³-hybridized carbons (Fsp3) is 0.533. The SMILES string of the molecule is CC1OCCC1CNC(=O)c1ccc2c(c1)NCC2. The normalized spacial score (nSPS) is 24.9. The Morgan fingerprint density at radius 3 is 3.21 bits per heavy atom. The number of rotatable bonds is 3. The lowest BCUT2D eigenvalue weighted by atomic mass is 10.0. The number of hydrogen-bond acceptors (Lipinski definition) is 3. The minimum Gasteiger partial charge on any atom is -0.384 e. The second-order valence-electron chi connectivity index (χ2n) is 5.38. The van der Waals surface area contributed by atoms with Gasteiger partial charge in [0, 0.05) is 36.9 Å². The first-order chi connectivity index (χ1) is 9.24. The average Bonchev–Trinajstić information content (AvgIpc) is 3.03. The van der Waals surface area contributed by atoms with Crippen LogP contribution in [0.5, 0.6) is 0 Å². The molecule has 3 rings (SSSR count). The molecule has 2 heterocycles. The molecule has 2 unspecified atom stereocenters. The number of benzene rings is 1. The Morgan fingerprint density at radius 1 is 1.53 bits per heavy atom. The van der Waals surface area contributed by atoms with Crippen LogP contribution in [-0.2, 0) is 11.2 Å². The van der Waals surface area contributed by atoms with Gasteiger partial charge in [-0.1, -0.05) is 6.07 Å². The molecule has 1 saturated heterocycles. The Labute approximate surface area is 113 Å². The third kappa shape index (κ3) is 2.59. The number of nitrogens with one attached hydrogen (secondary N) is 2. The van der Waals surface area contributed by atoms with Gasteiger partial charge in [0.1, 0.15) is 0 Å². The van der Waals surface area contributed by atoms with E-state index < -0.39 is 0 Å². The Kier molecular flexibility index (Phi) is 3.42. The summed E-state index contributed by atoms with van der Waals surface area (Å²) in [7, 11) is 0. The number of amides is 1. The molecule has 0 aromatic heterocycles. The van der Waals surface area contributed by atoms with Crippen LogP contribution in [0.1, 0.15) is 29.3 Å². The molecule has 2 aliphatic rings. The van der Waals surface area contributed by atoms with Crippen LogP contribution < -0.4 is 10.6 Å². The van der Waals surface area contributed by atoms with Crippen molar-refractivity contribution in [2.75, 3.05) is 25.0 Å². The maximum absolute atomic E-state index is 12.1. The number of carbonyl (C=O) groups excluding carboxylic acids is 1. The molecule has 0 spiro atoms. The first-order valence-electron chi connectivity index (χ1n) is 7.00. The molecule has 1 aromatic carbocycles. The Morgan fingerprint density at radius 2 is 2.42 bits per heavy atom. The monoisotopic (exact) mass is 260 g/mol. The van der Waals surface area contributed by atoms with Gasteiger partial charge in [0.05, 0.1) is 6.10 Å². The maximum Gasteiger partial charge on any atom is 0.251 e. The second-order valence-corrected chi connectivity index (χ2v) is 5.38. The largest absolute Gasteiger partial charge is 0.384 e. The van der Waals surface area contributed by atoms with E-state index in [9.17, 15) is 4.79 Å². The van der Waals surface area contributed by atoms with Crippen LogP contribution in [0.4, 0.5) is 5.69 Å². The fourth-order valence-electron chi connectivity index (χ4n) is 2.80. The van der Waals surface area contributed by atoms with E-state index in [4.69, 9.17) is 4.74 Å². The molecule has 1 fully saturated rings. The number of anilines is 1. The van der Waals surface area contributed by atoms with E-state index in [1.54, 1.807) is 0 Å². The standard InChI is InChI=1S/C15H20N2O2/c1-10-13(5-7-19-10)9-17-15(18)12-3-2-11-4-6-16-14(11)8-12/h2-3,8,10,13,16H,4-7,9H2,1H3,(H,17,18). The van der Waals surface area contributed by atoms with Gasteiger partial charge in [-0.05, 0) is 37.5 Å². The smallest absolute Gasteiger partial charge is 0.251 e. The van der Waals surface area contributed by atoms with Crippen LogP contribution in [0.15, 0.2) is 18.2 Å². The molecule has 4 heteroatoms. The summed E-state index contributed by atoms with van der Waals surface area (Å²) < 4.78 is 5.50. The minimum atomic E-state index is 0.00981. The summed E-state index contributed by atoms with van der Waals surface area (Å²) in [6, 6.07) is 5.91.